The van der Waals surface area contributed by atoms with Crippen molar-refractivity contribution in [1.29, 1.82) is 0 Å². The third-order valence-corrected chi connectivity index (χ3v) is 3.57. The molecule has 1 aromatic heterocycles. The molecule has 1 N–H and O–H groups in total. The van der Waals surface area contributed by atoms with Crippen LogP contribution in [0, 0.1) is 0 Å². The van der Waals surface area contributed by atoms with Gasteiger partial charge in [-0.15, -0.1) is 0 Å². The van der Waals surface area contributed by atoms with Crippen LogP contribution in [-0.2, 0) is 18.3 Å². The van der Waals surface area contributed by atoms with E-state index in [-0.39, 0.29) is 12.0 Å². The molecule has 1 amide bonds. The average Bonchev–Trinajstić information content (AvgIpc) is 2.95. The minimum Gasteiger partial charge on any atom is -0.489 e. The standard InChI is InChI=1S/C16H21ClN4O2/c1-3-14(23-15-6-4-5-12(17)9-15)11-18-16(22)8-7-13-10-19-21(2)20-13/h4-6,9-10,14H,3,7-8,11H2,1-2H3,(H,18,22)/t14-/m0/s1. The van der Waals surface area contributed by atoms with Crippen molar-refractivity contribution in [2.45, 2.75) is 32.3 Å². The van der Waals surface area contributed by atoms with E-state index >= 15 is 0 Å². The van der Waals surface area contributed by atoms with Gasteiger partial charge in [-0.05, 0) is 24.6 Å². The Hall–Kier alpha value is -2.08. The Morgan fingerprint density at radius 1 is 1.48 bits per heavy atom. The van der Waals surface area contributed by atoms with Crippen LogP contribution in [0.2, 0.25) is 5.02 Å². The van der Waals surface area contributed by atoms with Gasteiger partial charge >= 0.3 is 0 Å². The fraction of sp³-hybridized carbons (Fsp3) is 0.438. The zero-order chi connectivity index (χ0) is 16.7. The van der Waals surface area contributed by atoms with Gasteiger partial charge in [-0.2, -0.15) is 15.0 Å². The second kappa shape index (κ2) is 8.53. The number of aryl methyl sites for hydroxylation is 2. The van der Waals surface area contributed by atoms with E-state index in [1.165, 1.54) is 4.80 Å². The highest BCUT2D eigenvalue weighted by Crippen LogP contribution is 2.18. The molecule has 1 atom stereocenters. The maximum atomic E-state index is 11.9. The molecule has 0 bridgehead atoms. The molecular formula is C16H21ClN4O2. The van der Waals surface area contributed by atoms with Crippen molar-refractivity contribution in [2.24, 2.45) is 7.05 Å². The van der Waals surface area contributed by atoms with Crippen molar-refractivity contribution in [3.05, 3.63) is 41.2 Å². The van der Waals surface area contributed by atoms with Gasteiger partial charge in [0.05, 0.1) is 18.4 Å². The molecule has 0 aliphatic rings. The van der Waals surface area contributed by atoms with Crippen molar-refractivity contribution in [2.75, 3.05) is 6.54 Å². The van der Waals surface area contributed by atoms with Gasteiger partial charge in [-0.25, -0.2) is 0 Å². The van der Waals surface area contributed by atoms with Crippen LogP contribution in [0.4, 0.5) is 0 Å². The number of amides is 1. The second-order valence-electron chi connectivity index (χ2n) is 5.23. The van der Waals surface area contributed by atoms with Crippen molar-refractivity contribution < 1.29 is 9.53 Å². The Morgan fingerprint density at radius 2 is 2.30 bits per heavy atom. The molecule has 0 fully saturated rings. The van der Waals surface area contributed by atoms with Gasteiger partial charge < -0.3 is 10.1 Å². The molecule has 0 saturated heterocycles. The maximum absolute atomic E-state index is 11.9. The summed E-state index contributed by atoms with van der Waals surface area (Å²) in [6, 6.07) is 7.25. The second-order valence-corrected chi connectivity index (χ2v) is 5.67. The van der Waals surface area contributed by atoms with Gasteiger partial charge in [0.2, 0.25) is 5.91 Å². The fourth-order valence-corrected chi connectivity index (χ4v) is 2.24. The summed E-state index contributed by atoms with van der Waals surface area (Å²) in [5.74, 6) is 0.682. The number of carbonyl (C=O) groups excluding carboxylic acids is 1. The predicted octanol–water partition coefficient (Wildman–Crippen LogP) is 2.37. The van der Waals surface area contributed by atoms with Crippen LogP contribution in [0.3, 0.4) is 0 Å². The molecule has 1 heterocycles. The maximum Gasteiger partial charge on any atom is 0.220 e. The summed E-state index contributed by atoms with van der Waals surface area (Å²) >= 11 is 5.94. The number of aromatic nitrogens is 3. The summed E-state index contributed by atoms with van der Waals surface area (Å²) in [7, 11) is 1.75. The summed E-state index contributed by atoms with van der Waals surface area (Å²) in [6.45, 7) is 2.48. The number of nitrogens with zero attached hydrogens (tertiary/aromatic N) is 3. The molecule has 124 valence electrons. The Kier molecular flexibility index (Phi) is 6.40. The molecular weight excluding hydrogens is 316 g/mol. The molecule has 0 aliphatic heterocycles. The van der Waals surface area contributed by atoms with Crippen LogP contribution in [0.1, 0.15) is 25.5 Å². The molecule has 2 rings (SSSR count). The molecule has 0 spiro atoms. The third kappa shape index (κ3) is 5.90. The third-order valence-electron chi connectivity index (χ3n) is 3.34. The van der Waals surface area contributed by atoms with E-state index in [1.807, 2.05) is 19.1 Å². The normalized spacial score (nSPS) is 12.0. The average molecular weight is 337 g/mol. The smallest absolute Gasteiger partial charge is 0.220 e. The summed E-state index contributed by atoms with van der Waals surface area (Å²) < 4.78 is 5.84. The van der Waals surface area contributed by atoms with Crippen LogP contribution in [0.5, 0.6) is 5.75 Å². The van der Waals surface area contributed by atoms with E-state index in [9.17, 15) is 4.79 Å². The first kappa shape index (κ1) is 17.3. The molecule has 0 unspecified atom stereocenters. The van der Waals surface area contributed by atoms with E-state index in [1.54, 1.807) is 25.4 Å². The number of nitrogens with one attached hydrogen (secondary N) is 1. The number of carbonyl (C=O) groups is 1. The Bertz CT molecular complexity index is 645. The number of ether oxygens (including phenoxy) is 1. The minimum absolute atomic E-state index is 0.0243. The Balaban J connectivity index is 1.74. The van der Waals surface area contributed by atoms with Crippen LogP contribution in [0.15, 0.2) is 30.5 Å². The molecule has 6 nitrogen and oxygen atoms in total. The molecule has 0 aliphatic carbocycles. The van der Waals surface area contributed by atoms with Gasteiger partial charge in [0.1, 0.15) is 11.9 Å². The number of halogens is 1. The minimum atomic E-state index is -0.0890. The van der Waals surface area contributed by atoms with E-state index in [0.717, 1.165) is 12.1 Å². The lowest BCUT2D eigenvalue weighted by atomic mass is 10.2. The summed E-state index contributed by atoms with van der Waals surface area (Å²) in [5.41, 5.74) is 0.810. The quantitative estimate of drug-likeness (QED) is 0.803. The van der Waals surface area contributed by atoms with E-state index in [0.29, 0.717) is 30.2 Å². The molecule has 2 aromatic rings. The van der Waals surface area contributed by atoms with Crippen molar-refractivity contribution in [3.8, 4) is 5.75 Å². The van der Waals surface area contributed by atoms with Gasteiger partial charge in [0.25, 0.3) is 0 Å². The van der Waals surface area contributed by atoms with Crippen LogP contribution < -0.4 is 10.1 Å². The number of benzene rings is 1. The Morgan fingerprint density at radius 3 is 2.96 bits per heavy atom. The first-order valence-electron chi connectivity index (χ1n) is 7.61. The summed E-state index contributed by atoms with van der Waals surface area (Å²) in [4.78, 5) is 13.4. The number of hydrogen-bond donors (Lipinski definition) is 1. The highest BCUT2D eigenvalue weighted by molar-refractivity contribution is 6.30. The van der Waals surface area contributed by atoms with Gasteiger partial charge in [0, 0.05) is 24.9 Å². The van der Waals surface area contributed by atoms with Crippen LogP contribution in [-0.4, -0.2) is 33.5 Å². The SMILES string of the molecule is CC[C@@H](CNC(=O)CCc1cnn(C)n1)Oc1cccc(Cl)c1. The van der Waals surface area contributed by atoms with E-state index in [2.05, 4.69) is 15.5 Å². The zero-order valence-corrected chi connectivity index (χ0v) is 14.1. The van der Waals surface area contributed by atoms with Crippen molar-refractivity contribution in [1.82, 2.24) is 20.3 Å². The molecule has 23 heavy (non-hydrogen) atoms. The van der Waals surface area contributed by atoms with Crippen molar-refractivity contribution in [3.63, 3.8) is 0 Å². The lowest BCUT2D eigenvalue weighted by Crippen LogP contribution is -2.35. The van der Waals surface area contributed by atoms with E-state index < -0.39 is 0 Å². The fourth-order valence-electron chi connectivity index (χ4n) is 2.06. The molecule has 7 heteroatoms. The first-order valence-corrected chi connectivity index (χ1v) is 7.98. The number of rotatable bonds is 8. The largest absolute Gasteiger partial charge is 0.489 e. The lowest BCUT2D eigenvalue weighted by molar-refractivity contribution is -0.121. The first-order chi connectivity index (χ1) is 11.1. The highest BCUT2D eigenvalue weighted by atomic mass is 35.5. The predicted molar refractivity (Wildman–Crippen MR) is 88.5 cm³/mol. The molecule has 1 aromatic carbocycles. The van der Waals surface area contributed by atoms with Crippen molar-refractivity contribution >= 4 is 17.5 Å². The zero-order valence-electron chi connectivity index (χ0n) is 13.3. The lowest BCUT2D eigenvalue weighted by Gasteiger charge is -2.18. The van der Waals surface area contributed by atoms with Gasteiger partial charge in [0.15, 0.2) is 0 Å². The van der Waals surface area contributed by atoms with Gasteiger partial charge in [-0.1, -0.05) is 24.6 Å². The number of hydrogen-bond acceptors (Lipinski definition) is 4. The van der Waals surface area contributed by atoms with E-state index in [4.69, 9.17) is 16.3 Å². The monoisotopic (exact) mass is 336 g/mol. The van der Waals surface area contributed by atoms with Crippen LogP contribution >= 0.6 is 11.6 Å². The molecule has 0 saturated carbocycles. The molecule has 0 radical (unpaired) electrons. The summed E-state index contributed by atoms with van der Waals surface area (Å²) in [6.07, 6.45) is 3.33. The summed E-state index contributed by atoms with van der Waals surface area (Å²) in [5, 5.41) is 11.6. The highest BCUT2D eigenvalue weighted by Gasteiger charge is 2.11. The van der Waals surface area contributed by atoms with Crippen LogP contribution in [0.25, 0.3) is 0 Å². The Labute approximate surface area is 140 Å². The van der Waals surface area contributed by atoms with Gasteiger partial charge in [-0.3, -0.25) is 4.79 Å². The topological polar surface area (TPSA) is 69.0 Å².